The third kappa shape index (κ3) is 2.27. The van der Waals surface area contributed by atoms with Gasteiger partial charge in [-0.05, 0) is 30.7 Å². The van der Waals surface area contributed by atoms with E-state index in [0.29, 0.717) is 22.5 Å². The van der Waals surface area contributed by atoms with Gasteiger partial charge in [0.1, 0.15) is 11.3 Å². The normalized spacial score (nSPS) is 11.9. The van der Waals surface area contributed by atoms with Crippen molar-refractivity contribution < 1.29 is 8.42 Å². The van der Waals surface area contributed by atoms with Crippen LogP contribution in [-0.2, 0) is 9.84 Å². The van der Waals surface area contributed by atoms with Gasteiger partial charge in [0.25, 0.3) is 0 Å². The van der Waals surface area contributed by atoms with E-state index in [0.717, 1.165) is 11.1 Å². The lowest BCUT2D eigenvalue weighted by molar-refractivity contribution is 0.602. The molecule has 2 aromatic carbocycles. The Labute approximate surface area is 122 Å². The molecule has 0 fully saturated rings. The van der Waals surface area contributed by atoms with Gasteiger partial charge in [-0.25, -0.2) is 13.4 Å². The number of aromatic amines is 1. The molecule has 0 aliphatic heterocycles. The van der Waals surface area contributed by atoms with Gasteiger partial charge in [0, 0.05) is 17.5 Å². The summed E-state index contributed by atoms with van der Waals surface area (Å²) in [5.74, 6) is 0.572. The number of para-hydroxylation sites is 2. The SMILES string of the molecule is Cc1cccc(-c2nc3c(S(C)(=O)=O)cccc3[nH]2)c1N. The minimum absolute atomic E-state index is 0.216. The lowest BCUT2D eigenvalue weighted by Crippen LogP contribution is -1.97. The molecule has 0 aliphatic rings. The zero-order valence-electron chi connectivity index (χ0n) is 11.7. The van der Waals surface area contributed by atoms with Crippen LogP contribution in [-0.4, -0.2) is 24.6 Å². The summed E-state index contributed by atoms with van der Waals surface area (Å²) in [7, 11) is -3.33. The largest absolute Gasteiger partial charge is 0.398 e. The summed E-state index contributed by atoms with van der Waals surface area (Å²) in [6.07, 6.45) is 1.18. The topological polar surface area (TPSA) is 88.8 Å². The van der Waals surface area contributed by atoms with Crippen molar-refractivity contribution in [2.45, 2.75) is 11.8 Å². The van der Waals surface area contributed by atoms with Gasteiger partial charge < -0.3 is 10.7 Å². The number of nitrogen functional groups attached to an aromatic ring is 1. The van der Waals surface area contributed by atoms with E-state index in [1.54, 1.807) is 18.2 Å². The molecule has 5 nitrogen and oxygen atoms in total. The summed E-state index contributed by atoms with van der Waals surface area (Å²) in [4.78, 5) is 7.79. The van der Waals surface area contributed by atoms with Crippen LogP contribution in [0, 0.1) is 6.92 Å². The zero-order chi connectivity index (χ0) is 15.2. The number of hydrogen-bond donors (Lipinski definition) is 2. The van der Waals surface area contributed by atoms with Crippen molar-refractivity contribution in [3.8, 4) is 11.4 Å². The summed E-state index contributed by atoms with van der Waals surface area (Å²) in [5, 5.41) is 0. The number of imidazole rings is 1. The monoisotopic (exact) mass is 301 g/mol. The van der Waals surface area contributed by atoms with E-state index >= 15 is 0 Å². The van der Waals surface area contributed by atoms with Gasteiger partial charge in [-0.1, -0.05) is 18.2 Å². The van der Waals surface area contributed by atoms with Gasteiger partial charge >= 0.3 is 0 Å². The molecule has 0 aliphatic carbocycles. The molecule has 21 heavy (non-hydrogen) atoms. The molecule has 0 bridgehead atoms. The maximum absolute atomic E-state index is 11.8. The van der Waals surface area contributed by atoms with E-state index in [-0.39, 0.29) is 4.90 Å². The van der Waals surface area contributed by atoms with Crippen LogP contribution in [0.5, 0.6) is 0 Å². The van der Waals surface area contributed by atoms with Crippen molar-refractivity contribution in [2.24, 2.45) is 0 Å². The summed E-state index contributed by atoms with van der Waals surface area (Å²) in [6.45, 7) is 1.92. The lowest BCUT2D eigenvalue weighted by Gasteiger charge is -2.04. The molecule has 1 heterocycles. The van der Waals surface area contributed by atoms with E-state index in [2.05, 4.69) is 9.97 Å². The molecule has 0 radical (unpaired) electrons. The number of fused-ring (bicyclic) bond motifs is 1. The van der Waals surface area contributed by atoms with Gasteiger partial charge in [-0.3, -0.25) is 0 Å². The number of hydrogen-bond acceptors (Lipinski definition) is 4. The van der Waals surface area contributed by atoms with E-state index in [4.69, 9.17) is 5.73 Å². The number of nitrogens with zero attached hydrogens (tertiary/aromatic N) is 1. The number of sulfone groups is 1. The van der Waals surface area contributed by atoms with Gasteiger partial charge in [0.2, 0.25) is 0 Å². The molecule has 0 unspecified atom stereocenters. The van der Waals surface area contributed by atoms with Crippen LogP contribution in [0.2, 0.25) is 0 Å². The van der Waals surface area contributed by atoms with Crippen molar-refractivity contribution in [3.05, 3.63) is 42.0 Å². The standard InChI is InChI=1S/C15H15N3O2S/c1-9-5-3-6-10(13(9)16)15-17-11-7-4-8-12(14(11)18-15)21(2,19)20/h3-8H,16H2,1-2H3,(H,17,18). The number of aromatic nitrogens is 2. The predicted octanol–water partition coefficient (Wildman–Crippen LogP) is 2.52. The fourth-order valence-corrected chi connectivity index (χ4v) is 3.15. The molecule has 3 N–H and O–H groups in total. The Kier molecular flexibility index (Phi) is 2.98. The average Bonchev–Trinajstić information content (AvgIpc) is 2.84. The third-order valence-electron chi connectivity index (χ3n) is 3.45. The maximum Gasteiger partial charge on any atom is 0.177 e. The Balaban J connectivity index is 2.30. The second-order valence-electron chi connectivity index (χ2n) is 5.05. The van der Waals surface area contributed by atoms with Crippen LogP contribution >= 0.6 is 0 Å². The van der Waals surface area contributed by atoms with Gasteiger partial charge in [-0.15, -0.1) is 0 Å². The minimum atomic E-state index is -3.33. The van der Waals surface area contributed by atoms with Crippen LogP contribution in [0.25, 0.3) is 22.4 Å². The van der Waals surface area contributed by atoms with Crippen molar-refractivity contribution in [3.63, 3.8) is 0 Å². The molecule has 1 aromatic heterocycles. The molecule has 6 heteroatoms. The Bertz CT molecular complexity index is 943. The van der Waals surface area contributed by atoms with Crippen LogP contribution in [0.15, 0.2) is 41.3 Å². The first-order valence-electron chi connectivity index (χ1n) is 6.42. The van der Waals surface area contributed by atoms with Crippen LogP contribution < -0.4 is 5.73 Å². The predicted molar refractivity (Wildman–Crippen MR) is 83.8 cm³/mol. The number of H-pyrrole nitrogens is 1. The van der Waals surface area contributed by atoms with E-state index < -0.39 is 9.84 Å². The smallest absolute Gasteiger partial charge is 0.177 e. The number of anilines is 1. The Morgan fingerprint density at radius 1 is 1.14 bits per heavy atom. The molecule has 3 aromatic rings. The van der Waals surface area contributed by atoms with Crippen molar-refractivity contribution in [1.29, 1.82) is 0 Å². The van der Waals surface area contributed by atoms with Crippen molar-refractivity contribution in [2.75, 3.05) is 12.0 Å². The maximum atomic E-state index is 11.8. The second-order valence-corrected chi connectivity index (χ2v) is 7.03. The van der Waals surface area contributed by atoms with Gasteiger partial charge in [-0.2, -0.15) is 0 Å². The third-order valence-corrected chi connectivity index (χ3v) is 4.58. The summed E-state index contributed by atoms with van der Waals surface area (Å²) in [6, 6.07) is 10.7. The number of rotatable bonds is 2. The van der Waals surface area contributed by atoms with Gasteiger partial charge in [0.15, 0.2) is 9.84 Å². The highest BCUT2D eigenvalue weighted by molar-refractivity contribution is 7.91. The first kappa shape index (κ1) is 13.6. The first-order chi connectivity index (χ1) is 9.88. The van der Waals surface area contributed by atoms with Crippen LogP contribution in [0.3, 0.4) is 0 Å². The fourth-order valence-electron chi connectivity index (χ4n) is 2.32. The second kappa shape index (κ2) is 4.60. The average molecular weight is 301 g/mol. The van der Waals surface area contributed by atoms with Crippen LogP contribution in [0.4, 0.5) is 5.69 Å². The molecule has 0 atom stereocenters. The molecule has 3 rings (SSSR count). The molecule has 108 valence electrons. The van der Waals surface area contributed by atoms with Crippen molar-refractivity contribution >= 4 is 26.6 Å². The highest BCUT2D eigenvalue weighted by Gasteiger charge is 2.16. The molecule has 0 saturated carbocycles. The molecule has 0 spiro atoms. The summed E-state index contributed by atoms with van der Waals surface area (Å²) >= 11 is 0. The minimum Gasteiger partial charge on any atom is -0.398 e. The zero-order valence-corrected chi connectivity index (χ0v) is 12.5. The Morgan fingerprint density at radius 3 is 2.57 bits per heavy atom. The number of benzene rings is 2. The van der Waals surface area contributed by atoms with Gasteiger partial charge in [0.05, 0.1) is 10.4 Å². The number of nitrogens with one attached hydrogen (secondary N) is 1. The molecular weight excluding hydrogens is 286 g/mol. The Hall–Kier alpha value is -2.34. The van der Waals surface area contributed by atoms with E-state index in [1.165, 1.54) is 6.26 Å². The molecule has 0 saturated heterocycles. The number of nitrogens with two attached hydrogens (primary N) is 1. The quantitative estimate of drug-likeness (QED) is 0.712. The summed E-state index contributed by atoms with van der Waals surface area (Å²) in [5.41, 5.74) is 9.56. The van der Waals surface area contributed by atoms with E-state index in [9.17, 15) is 8.42 Å². The molecule has 0 amide bonds. The van der Waals surface area contributed by atoms with Crippen LogP contribution in [0.1, 0.15) is 5.56 Å². The fraction of sp³-hybridized carbons (Fsp3) is 0.133. The van der Waals surface area contributed by atoms with Crippen molar-refractivity contribution in [1.82, 2.24) is 9.97 Å². The number of aryl methyl sites for hydroxylation is 1. The highest BCUT2D eigenvalue weighted by Crippen LogP contribution is 2.29. The summed E-state index contributed by atoms with van der Waals surface area (Å²) < 4.78 is 23.7. The lowest BCUT2D eigenvalue weighted by atomic mass is 10.1. The van der Waals surface area contributed by atoms with E-state index in [1.807, 2.05) is 25.1 Å². The molecular formula is C15H15N3O2S. The highest BCUT2D eigenvalue weighted by atomic mass is 32.2. The first-order valence-corrected chi connectivity index (χ1v) is 8.31. The Morgan fingerprint density at radius 2 is 1.86 bits per heavy atom.